The third kappa shape index (κ3) is 7.81. The zero-order valence-corrected chi connectivity index (χ0v) is 22.5. The van der Waals surface area contributed by atoms with Gasteiger partial charge in [-0.2, -0.15) is 5.10 Å². The first-order valence-corrected chi connectivity index (χ1v) is 13.7. The maximum Gasteiger partial charge on any atom is 0.264 e. The fraction of sp³-hybridized carbons (Fsp3) is 0.138. The van der Waals surface area contributed by atoms with Crippen LogP contribution in [0.2, 0.25) is 0 Å². The molecule has 0 saturated heterocycles. The smallest absolute Gasteiger partial charge is 0.264 e. The van der Waals surface area contributed by atoms with E-state index in [4.69, 9.17) is 9.15 Å². The minimum absolute atomic E-state index is 0.0742. The van der Waals surface area contributed by atoms with E-state index in [2.05, 4.69) is 15.8 Å². The van der Waals surface area contributed by atoms with Crippen LogP contribution in [0.3, 0.4) is 0 Å². The Bertz CT molecular complexity index is 1550. The van der Waals surface area contributed by atoms with Gasteiger partial charge in [-0.3, -0.25) is 13.9 Å². The fourth-order valence-electron chi connectivity index (χ4n) is 3.61. The summed E-state index contributed by atoms with van der Waals surface area (Å²) in [6.07, 6.45) is 2.95. The molecular weight excluding hydrogens is 532 g/mol. The number of nitrogens with zero attached hydrogens (tertiary/aromatic N) is 2. The van der Waals surface area contributed by atoms with Gasteiger partial charge in [0.05, 0.1) is 29.6 Å². The van der Waals surface area contributed by atoms with Crippen LogP contribution in [0.4, 0.5) is 5.69 Å². The number of ether oxygens (including phenoxy) is 1. The van der Waals surface area contributed by atoms with Crippen molar-refractivity contribution in [3.8, 4) is 5.75 Å². The number of rotatable bonds is 12. The lowest BCUT2D eigenvalue weighted by atomic mass is 10.2. The molecule has 0 spiro atoms. The highest BCUT2D eigenvalue weighted by Gasteiger charge is 2.27. The standard InChI is InChI=1S/C29H28N4O6S/c1-22-7-5-8-24(17-22)33(40(36,37)27-10-3-2-4-11-27)20-28(34)32-31-18-23-12-14-25(15-13-23)39-21-29(35)30-19-26-9-6-16-38-26/h2-18H,19-21H2,1H3,(H,30,35)(H,32,34)/b31-18-. The highest BCUT2D eigenvalue weighted by atomic mass is 32.2. The van der Waals surface area contributed by atoms with E-state index in [1.807, 2.05) is 13.0 Å². The molecule has 4 rings (SSSR count). The van der Waals surface area contributed by atoms with E-state index in [0.29, 0.717) is 22.8 Å². The quantitative estimate of drug-likeness (QED) is 0.201. The third-order valence-electron chi connectivity index (χ3n) is 5.60. The van der Waals surface area contributed by atoms with Crippen molar-refractivity contribution in [3.63, 3.8) is 0 Å². The van der Waals surface area contributed by atoms with Crippen LogP contribution in [0, 0.1) is 6.92 Å². The van der Waals surface area contributed by atoms with Crippen LogP contribution in [0.15, 0.2) is 112 Å². The number of aryl methyl sites for hydroxylation is 1. The van der Waals surface area contributed by atoms with E-state index in [-0.39, 0.29) is 24.0 Å². The molecule has 0 unspecified atom stereocenters. The molecule has 40 heavy (non-hydrogen) atoms. The fourth-order valence-corrected chi connectivity index (χ4v) is 5.05. The van der Waals surface area contributed by atoms with E-state index in [1.165, 1.54) is 24.6 Å². The lowest BCUT2D eigenvalue weighted by Crippen LogP contribution is -2.39. The second-order valence-corrected chi connectivity index (χ2v) is 10.5. The number of nitrogens with one attached hydrogen (secondary N) is 2. The molecule has 1 aromatic heterocycles. The van der Waals surface area contributed by atoms with E-state index < -0.39 is 22.5 Å². The summed E-state index contributed by atoms with van der Waals surface area (Å²) in [5.74, 6) is 0.218. The summed E-state index contributed by atoms with van der Waals surface area (Å²) in [6, 6.07) is 25.1. The summed E-state index contributed by atoms with van der Waals surface area (Å²) in [5, 5.41) is 6.64. The van der Waals surface area contributed by atoms with Crippen molar-refractivity contribution in [2.24, 2.45) is 5.10 Å². The number of sulfonamides is 1. The van der Waals surface area contributed by atoms with Crippen molar-refractivity contribution in [2.45, 2.75) is 18.4 Å². The van der Waals surface area contributed by atoms with Gasteiger partial charge in [-0.25, -0.2) is 13.8 Å². The van der Waals surface area contributed by atoms with Gasteiger partial charge in [-0.05, 0) is 78.7 Å². The van der Waals surface area contributed by atoms with Gasteiger partial charge in [-0.1, -0.05) is 30.3 Å². The van der Waals surface area contributed by atoms with Crippen LogP contribution in [0.1, 0.15) is 16.9 Å². The second-order valence-electron chi connectivity index (χ2n) is 8.67. The molecule has 0 atom stereocenters. The van der Waals surface area contributed by atoms with Gasteiger partial charge in [0.25, 0.3) is 21.8 Å². The molecule has 0 bridgehead atoms. The van der Waals surface area contributed by atoms with Crippen LogP contribution < -0.4 is 19.8 Å². The Morgan fingerprint density at radius 3 is 2.42 bits per heavy atom. The molecule has 0 aliphatic rings. The summed E-state index contributed by atoms with van der Waals surface area (Å²) in [5.41, 5.74) is 4.26. The van der Waals surface area contributed by atoms with E-state index in [1.54, 1.807) is 72.8 Å². The normalized spacial score (nSPS) is 11.2. The zero-order chi connectivity index (χ0) is 28.4. The van der Waals surface area contributed by atoms with E-state index in [9.17, 15) is 18.0 Å². The topological polar surface area (TPSA) is 130 Å². The van der Waals surface area contributed by atoms with Crippen molar-refractivity contribution in [3.05, 3.63) is 114 Å². The van der Waals surface area contributed by atoms with Crippen LogP contribution in [0.25, 0.3) is 0 Å². The van der Waals surface area contributed by atoms with Crippen molar-refractivity contribution in [2.75, 3.05) is 17.5 Å². The predicted molar refractivity (Wildman–Crippen MR) is 150 cm³/mol. The highest BCUT2D eigenvalue weighted by molar-refractivity contribution is 7.92. The Balaban J connectivity index is 1.32. The number of carbonyl (C=O) groups excluding carboxylic acids is 2. The number of furan rings is 1. The molecule has 2 N–H and O–H groups in total. The maximum absolute atomic E-state index is 13.4. The number of carbonyl (C=O) groups is 2. The van der Waals surface area contributed by atoms with Gasteiger partial charge >= 0.3 is 0 Å². The van der Waals surface area contributed by atoms with Gasteiger partial charge in [0.15, 0.2) is 6.61 Å². The molecule has 1 heterocycles. The van der Waals surface area contributed by atoms with Crippen LogP contribution in [-0.4, -0.2) is 39.6 Å². The molecule has 2 amide bonds. The minimum atomic E-state index is -4.00. The number of benzene rings is 3. The maximum atomic E-state index is 13.4. The molecule has 10 nitrogen and oxygen atoms in total. The number of hydrogen-bond donors (Lipinski definition) is 2. The van der Waals surface area contributed by atoms with Crippen molar-refractivity contribution in [1.82, 2.24) is 10.7 Å². The molecule has 0 aliphatic heterocycles. The molecule has 0 radical (unpaired) electrons. The zero-order valence-electron chi connectivity index (χ0n) is 21.7. The largest absolute Gasteiger partial charge is 0.484 e. The molecule has 0 saturated carbocycles. The van der Waals surface area contributed by atoms with Crippen molar-refractivity contribution >= 4 is 33.7 Å². The van der Waals surface area contributed by atoms with Gasteiger partial charge in [0, 0.05) is 0 Å². The van der Waals surface area contributed by atoms with Crippen LogP contribution in [0.5, 0.6) is 5.75 Å². The molecular formula is C29H28N4O6S. The van der Waals surface area contributed by atoms with Crippen molar-refractivity contribution in [1.29, 1.82) is 0 Å². The molecule has 0 aliphatic carbocycles. The molecule has 0 fully saturated rings. The number of amides is 2. The molecule has 3 aromatic carbocycles. The average Bonchev–Trinajstić information content (AvgIpc) is 3.49. The second kappa shape index (κ2) is 13.3. The third-order valence-corrected chi connectivity index (χ3v) is 7.39. The lowest BCUT2D eigenvalue weighted by molar-refractivity contribution is -0.123. The lowest BCUT2D eigenvalue weighted by Gasteiger charge is -2.24. The van der Waals surface area contributed by atoms with E-state index in [0.717, 1.165) is 9.87 Å². The first-order valence-electron chi connectivity index (χ1n) is 12.3. The monoisotopic (exact) mass is 560 g/mol. The Morgan fingerprint density at radius 2 is 1.73 bits per heavy atom. The van der Waals surface area contributed by atoms with Crippen LogP contribution >= 0.6 is 0 Å². The summed E-state index contributed by atoms with van der Waals surface area (Å²) >= 11 is 0. The van der Waals surface area contributed by atoms with Crippen molar-refractivity contribution < 1.29 is 27.2 Å². The van der Waals surface area contributed by atoms with Gasteiger partial charge in [0.2, 0.25) is 0 Å². The molecule has 11 heteroatoms. The first-order chi connectivity index (χ1) is 19.3. The Labute approximate surface area is 232 Å². The predicted octanol–water partition coefficient (Wildman–Crippen LogP) is 3.63. The number of hydrogen-bond acceptors (Lipinski definition) is 7. The average molecular weight is 561 g/mol. The van der Waals surface area contributed by atoms with Gasteiger partial charge in [-0.15, -0.1) is 0 Å². The summed E-state index contributed by atoms with van der Waals surface area (Å²) < 4.78 is 38.4. The molecule has 206 valence electrons. The Morgan fingerprint density at radius 1 is 0.950 bits per heavy atom. The van der Waals surface area contributed by atoms with Gasteiger partial charge in [0.1, 0.15) is 18.1 Å². The first kappa shape index (κ1) is 28.1. The summed E-state index contributed by atoms with van der Waals surface area (Å²) in [4.78, 5) is 24.7. The van der Waals surface area contributed by atoms with Crippen LogP contribution in [-0.2, 0) is 26.2 Å². The van der Waals surface area contributed by atoms with E-state index >= 15 is 0 Å². The van der Waals surface area contributed by atoms with Gasteiger partial charge < -0.3 is 14.5 Å². The number of hydrazone groups is 1. The summed E-state index contributed by atoms with van der Waals surface area (Å²) in [7, 11) is -4.00. The Hall–Kier alpha value is -4.90. The minimum Gasteiger partial charge on any atom is -0.484 e. The Kier molecular flexibility index (Phi) is 9.31. The number of anilines is 1. The summed E-state index contributed by atoms with van der Waals surface area (Å²) in [6.45, 7) is 1.49. The molecule has 4 aromatic rings. The highest BCUT2D eigenvalue weighted by Crippen LogP contribution is 2.24. The SMILES string of the molecule is Cc1cccc(N(CC(=O)N/N=C\c2ccc(OCC(=O)NCc3ccco3)cc2)S(=O)(=O)c2ccccc2)c1.